The van der Waals surface area contributed by atoms with Crippen LogP contribution in [0.2, 0.25) is 0 Å². The van der Waals surface area contributed by atoms with Gasteiger partial charge in [0.15, 0.2) is 6.04 Å². The molecule has 0 bridgehead atoms. The van der Waals surface area contributed by atoms with E-state index in [1.54, 1.807) is 20.8 Å². The minimum atomic E-state index is -0.969. The van der Waals surface area contributed by atoms with Gasteiger partial charge in [-0.15, -0.1) is 0 Å². The van der Waals surface area contributed by atoms with Crippen LogP contribution in [0.1, 0.15) is 32.8 Å². The van der Waals surface area contributed by atoms with E-state index < -0.39 is 35.7 Å². The maximum absolute atomic E-state index is 13.0. The average molecular weight is 408 g/mol. The summed E-state index contributed by atoms with van der Waals surface area (Å²) in [6.45, 7) is 5.22. The Kier molecular flexibility index (Phi) is 9.61. The number of ether oxygens (including phenoxy) is 3. The van der Waals surface area contributed by atoms with E-state index in [1.165, 1.54) is 26.2 Å². The lowest BCUT2D eigenvalue weighted by Crippen LogP contribution is -2.54. The SMILES string of the molecule is COC[C@H](NC(=O)[C@H](CCc1ccccc1)N(C)C(=O)OC(C)(C)C)C(=O)OC. The Labute approximate surface area is 172 Å². The van der Waals surface area contributed by atoms with Crippen LogP contribution in [0.5, 0.6) is 0 Å². The molecule has 0 aromatic heterocycles. The molecular weight excluding hydrogens is 376 g/mol. The van der Waals surface area contributed by atoms with Gasteiger partial charge in [-0.1, -0.05) is 30.3 Å². The summed E-state index contributed by atoms with van der Waals surface area (Å²) in [6, 6.07) is 7.82. The number of benzene rings is 1. The Bertz CT molecular complexity index is 671. The van der Waals surface area contributed by atoms with Crippen LogP contribution in [-0.2, 0) is 30.2 Å². The second-order valence-corrected chi connectivity index (χ2v) is 7.67. The highest BCUT2D eigenvalue weighted by atomic mass is 16.6. The fourth-order valence-electron chi connectivity index (χ4n) is 2.66. The summed E-state index contributed by atoms with van der Waals surface area (Å²) in [5.41, 5.74) is 0.334. The van der Waals surface area contributed by atoms with Crippen LogP contribution in [0.4, 0.5) is 4.79 Å². The van der Waals surface area contributed by atoms with E-state index in [0.717, 1.165) is 5.56 Å². The van der Waals surface area contributed by atoms with Gasteiger partial charge < -0.3 is 19.5 Å². The predicted octanol–water partition coefficient (Wildman–Crippen LogP) is 2.16. The van der Waals surface area contributed by atoms with Gasteiger partial charge in [-0.25, -0.2) is 9.59 Å². The highest BCUT2D eigenvalue weighted by Crippen LogP contribution is 2.15. The normalized spacial score (nSPS) is 13.2. The molecule has 0 aliphatic heterocycles. The summed E-state index contributed by atoms with van der Waals surface area (Å²) in [6.07, 6.45) is 0.304. The highest BCUT2D eigenvalue weighted by Gasteiger charge is 2.32. The first-order valence-electron chi connectivity index (χ1n) is 9.46. The Hall–Kier alpha value is -2.61. The molecule has 0 saturated heterocycles. The minimum absolute atomic E-state index is 0.0417. The Morgan fingerprint density at radius 3 is 2.24 bits per heavy atom. The van der Waals surface area contributed by atoms with Gasteiger partial charge in [0.2, 0.25) is 5.91 Å². The van der Waals surface area contributed by atoms with Crippen molar-refractivity contribution in [2.24, 2.45) is 0 Å². The monoisotopic (exact) mass is 408 g/mol. The molecule has 0 heterocycles. The van der Waals surface area contributed by atoms with Gasteiger partial charge in [-0.2, -0.15) is 0 Å². The number of likely N-dealkylation sites (N-methyl/N-ethyl adjacent to an activating group) is 1. The molecule has 0 fully saturated rings. The number of esters is 1. The van der Waals surface area contributed by atoms with E-state index in [9.17, 15) is 14.4 Å². The molecule has 1 aromatic rings. The predicted molar refractivity (Wildman–Crippen MR) is 108 cm³/mol. The topological polar surface area (TPSA) is 94.2 Å². The van der Waals surface area contributed by atoms with E-state index in [4.69, 9.17) is 14.2 Å². The minimum Gasteiger partial charge on any atom is -0.467 e. The zero-order valence-electron chi connectivity index (χ0n) is 18.1. The Morgan fingerprint density at radius 1 is 1.10 bits per heavy atom. The summed E-state index contributed by atoms with van der Waals surface area (Å²) in [7, 11) is 4.16. The van der Waals surface area contributed by atoms with Gasteiger partial charge in [0.05, 0.1) is 13.7 Å². The third-order valence-electron chi connectivity index (χ3n) is 4.14. The molecule has 0 aliphatic carbocycles. The fourth-order valence-corrected chi connectivity index (χ4v) is 2.66. The van der Waals surface area contributed by atoms with Crippen LogP contribution in [0.3, 0.4) is 0 Å². The maximum atomic E-state index is 13.0. The Balaban J connectivity index is 2.99. The van der Waals surface area contributed by atoms with Crippen LogP contribution in [0.15, 0.2) is 30.3 Å². The number of hydrogen-bond donors (Lipinski definition) is 1. The maximum Gasteiger partial charge on any atom is 0.410 e. The molecule has 29 heavy (non-hydrogen) atoms. The number of carbonyl (C=O) groups is 3. The van der Waals surface area contributed by atoms with Crippen molar-refractivity contribution < 1.29 is 28.6 Å². The first kappa shape index (κ1) is 24.4. The average Bonchev–Trinajstić information content (AvgIpc) is 2.66. The number of carbonyl (C=O) groups excluding carboxylic acids is 3. The second kappa shape index (κ2) is 11.4. The van der Waals surface area contributed by atoms with Gasteiger partial charge in [-0.3, -0.25) is 9.69 Å². The van der Waals surface area contributed by atoms with Crippen molar-refractivity contribution in [1.29, 1.82) is 0 Å². The van der Waals surface area contributed by atoms with E-state index in [-0.39, 0.29) is 6.61 Å². The summed E-state index contributed by atoms with van der Waals surface area (Å²) < 4.78 is 15.1. The zero-order valence-corrected chi connectivity index (χ0v) is 18.1. The lowest BCUT2D eigenvalue weighted by molar-refractivity contribution is -0.147. The number of nitrogens with zero attached hydrogens (tertiary/aromatic N) is 1. The number of amides is 2. The smallest absolute Gasteiger partial charge is 0.410 e. The molecule has 0 radical (unpaired) electrons. The van der Waals surface area contributed by atoms with E-state index in [0.29, 0.717) is 12.8 Å². The van der Waals surface area contributed by atoms with Crippen molar-refractivity contribution in [3.05, 3.63) is 35.9 Å². The number of hydrogen-bond acceptors (Lipinski definition) is 6. The first-order valence-corrected chi connectivity index (χ1v) is 9.46. The molecule has 0 unspecified atom stereocenters. The summed E-state index contributed by atoms with van der Waals surface area (Å²) >= 11 is 0. The molecule has 0 saturated carbocycles. The number of methoxy groups -OCH3 is 2. The highest BCUT2D eigenvalue weighted by molar-refractivity contribution is 5.89. The number of rotatable bonds is 9. The number of aryl methyl sites for hydroxylation is 1. The van der Waals surface area contributed by atoms with Gasteiger partial charge in [0, 0.05) is 14.2 Å². The molecule has 8 heteroatoms. The molecule has 1 aromatic carbocycles. The lowest BCUT2D eigenvalue weighted by Gasteiger charge is -2.31. The second-order valence-electron chi connectivity index (χ2n) is 7.67. The van der Waals surface area contributed by atoms with Crippen LogP contribution in [-0.4, -0.2) is 68.4 Å². The van der Waals surface area contributed by atoms with Crippen molar-refractivity contribution in [1.82, 2.24) is 10.2 Å². The van der Waals surface area contributed by atoms with Gasteiger partial charge in [0.25, 0.3) is 0 Å². The van der Waals surface area contributed by atoms with Crippen molar-refractivity contribution >= 4 is 18.0 Å². The molecule has 1 rings (SSSR count). The zero-order chi connectivity index (χ0) is 22.0. The fraction of sp³-hybridized carbons (Fsp3) is 0.571. The molecule has 162 valence electrons. The van der Waals surface area contributed by atoms with Crippen molar-refractivity contribution in [2.45, 2.75) is 51.3 Å². The van der Waals surface area contributed by atoms with E-state index in [2.05, 4.69) is 5.32 Å². The molecule has 2 amide bonds. The number of nitrogens with one attached hydrogen (secondary N) is 1. The summed E-state index contributed by atoms with van der Waals surface area (Å²) in [5.74, 6) is -1.11. The van der Waals surface area contributed by atoms with Crippen LogP contribution >= 0.6 is 0 Å². The summed E-state index contributed by atoms with van der Waals surface area (Å²) in [5, 5.41) is 2.62. The molecule has 8 nitrogen and oxygen atoms in total. The van der Waals surface area contributed by atoms with Crippen LogP contribution < -0.4 is 5.32 Å². The quantitative estimate of drug-likeness (QED) is 0.630. The van der Waals surface area contributed by atoms with Crippen LogP contribution in [0, 0.1) is 0 Å². The Morgan fingerprint density at radius 2 is 1.72 bits per heavy atom. The largest absolute Gasteiger partial charge is 0.467 e. The van der Waals surface area contributed by atoms with Crippen molar-refractivity contribution in [3.63, 3.8) is 0 Å². The molecule has 2 atom stereocenters. The molecule has 0 aliphatic rings. The van der Waals surface area contributed by atoms with Crippen LogP contribution in [0.25, 0.3) is 0 Å². The van der Waals surface area contributed by atoms with Gasteiger partial charge >= 0.3 is 12.1 Å². The molecular formula is C21H32N2O6. The van der Waals surface area contributed by atoms with E-state index >= 15 is 0 Å². The standard InChI is InChI=1S/C21H32N2O6/c1-21(2,3)29-20(26)23(4)17(13-12-15-10-8-7-9-11-15)18(24)22-16(14-27-5)19(25)28-6/h7-11,16-17H,12-14H2,1-6H3,(H,22,24)/t16-,17-/m0/s1. The first-order chi connectivity index (χ1) is 13.6. The molecule has 1 N–H and O–H groups in total. The van der Waals surface area contributed by atoms with Crippen molar-refractivity contribution in [3.8, 4) is 0 Å². The third-order valence-corrected chi connectivity index (χ3v) is 4.14. The van der Waals surface area contributed by atoms with Gasteiger partial charge in [0.1, 0.15) is 11.6 Å². The van der Waals surface area contributed by atoms with Crippen molar-refractivity contribution in [2.75, 3.05) is 27.9 Å². The lowest BCUT2D eigenvalue weighted by atomic mass is 10.0. The third kappa shape index (κ3) is 8.51. The van der Waals surface area contributed by atoms with E-state index in [1.807, 2.05) is 30.3 Å². The molecule has 0 spiro atoms. The summed E-state index contributed by atoms with van der Waals surface area (Å²) in [4.78, 5) is 38.6. The van der Waals surface area contributed by atoms with Gasteiger partial charge in [-0.05, 0) is 39.2 Å².